The van der Waals surface area contributed by atoms with Gasteiger partial charge in [-0.05, 0) is 41.6 Å². The number of hydrogen-bond acceptors (Lipinski definition) is 5. The Hall–Kier alpha value is -2.48. The van der Waals surface area contributed by atoms with Crippen LogP contribution in [0.2, 0.25) is 0 Å². The van der Waals surface area contributed by atoms with Crippen molar-refractivity contribution in [1.29, 1.82) is 0 Å². The number of benzene rings is 1. The summed E-state index contributed by atoms with van der Waals surface area (Å²) in [5.74, 6) is 0.253. The Morgan fingerprint density at radius 3 is 2.81 bits per heavy atom. The molecule has 1 amide bonds. The van der Waals surface area contributed by atoms with Crippen LogP contribution in [0.15, 0.2) is 51.6 Å². The highest BCUT2D eigenvalue weighted by atomic mass is 79.9. The lowest BCUT2D eigenvalue weighted by molar-refractivity contribution is 0.0937. The molecule has 3 aromatic rings. The van der Waals surface area contributed by atoms with Crippen molar-refractivity contribution in [1.82, 2.24) is 25.5 Å². The first-order valence-corrected chi connectivity index (χ1v) is 6.88. The minimum Gasteiger partial charge on any atom is -0.467 e. The van der Waals surface area contributed by atoms with Crippen LogP contribution < -0.4 is 5.32 Å². The largest absolute Gasteiger partial charge is 0.467 e. The van der Waals surface area contributed by atoms with Crippen molar-refractivity contribution in [3.8, 4) is 5.69 Å². The van der Waals surface area contributed by atoms with Gasteiger partial charge in [-0.25, -0.2) is 0 Å². The van der Waals surface area contributed by atoms with Crippen LogP contribution in [0.25, 0.3) is 5.69 Å². The van der Waals surface area contributed by atoms with Gasteiger partial charge in [0.25, 0.3) is 11.7 Å². The van der Waals surface area contributed by atoms with Crippen LogP contribution in [0, 0.1) is 0 Å². The zero-order valence-electron chi connectivity index (χ0n) is 10.7. The Kier molecular flexibility index (Phi) is 3.78. The third kappa shape index (κ3) is 3.16. The Bertz CT molecular complexity index is 736. The van der Waals surface area contributed by atoms with E-state index in [1.54, 1.807) is 18.4 Å². The molecule has 0 aliphatic carbocycles. The van der Waals surface area contributed by atoms with E-state index in [2.05, 4.69) is 36.7 Å². The molecule has 8 heteroatoms. The highest BCUT2D eigenvalue weighted by Gasteiger charge is 2.13. The summed E-state index contributed by atoms with van der Waals surface area (Å²) in [6, 6.07) is 10.9. The van der Waals surface area contributed by atoms with Crippen molar-refractivity contribution < 1.29 is 9.21 Å². The van der Waals surface area contributed by atoms with Gasteiger partial charge in [-0.2, -0.15) is 0 Å². The zero-order chi connectivity index (χ0) is 14.7. The van der Waals surface area contributed by atoms with E-state index in [-0.39, 0.29) is 12.4 Å². The molecular formula is C13H10BrN5O2. The zero-order valence-corrected chi connectivity index (χ0v) is 12.3. The molecule has 3 rings (SSSR count). The maximum absolute atomic E-state index is 11.9. The van der Waals surface area contributed by atoms with Gasteiger partial charge in [0.2, 0.25) is 0 Å². The number of rotatable bonds is 4. The van der Waals surface area contributed by atoms with E-state index in [1.807, 2.05) is 24.3 Å². The molecular weight excluding hydrogens is 338 g/mol. The molecule has 0 saturated heterocycles. The Labute approximate surface area is 128 Å². The Morgan fingerprint density at radius 1 is 1.29 bits per heavy atom. The lowest BCUT2D eigenvalue weighted by Gasteiger charge is -1.99. The fourth-order valence-corrected chi connectivity index (χ4v) is 1.91. The number of carbonyl (C=O) groups excluding carboxylic acids is 1. The van der Waals surface area contributed by atoms with Gasteiger partial charge in [0.05, 0.1) is 18.5 Å². The second-order valence-electron chi connectivity index (χ2n) is 4.14. The number of halogens is 1. The number of aromatic nitrogens is 4. The Balaban J connectivity index is 1.69. The van der Waals surface area contributed by atoms with Crippen LogP contribution in [0.3, 0.4) is 0 Å². The normalized spacial score (nSPS) is 10.5. The van der Waals surface area contributed by atoms with Gasteiger partial charge in [0.15, 0.2) is 0 Å². The molecule has 0 radical (unpaired) electrons. The average molecular weight is 348 g/mol. The standard InChI is InChI=1S/C13H10BrN5O2/c14-9-3-5-10(6-4-9)19-17-12(16-18-19)13(20)15-8-11-2-1-7-21-11/h1-7H,8H2,(H,15,20). The summed E-state index contributed by atoms with van der Waals surface area (Å²) in [4.78, 5) is 13.2. The third-order valence-corrected chi connectivity index (χ3v) is 3.21. The smallest absolute Gasteiger partial charge is 0.293 e. The van der Waals surface area contributed by atoms with E-state index in [4.69, 9.17) is 4.42 Å². The van der Waals surface area contributed by atoms with Gasteiger partial charge in [-0.15, -0.1) is 15.0 Å². The van der Waals surface area contributed by atoms with Gasteiger partial charge < -0.3 is 9.73 Å². The molecule has 0 fully saturated rings. The van der Waals surface area contributed by atoms with Gasteiger partial charge in [-0.3, -0.25) is 4.79 Å². The highest BCUT2D eigenvalue weighted by Crippen LogP contribution is 2.12. The number of amides is 1. The maximum atomic E-state index is 11.9. The maximum Gasteiger partial charge on any atom is 0.293 e. The molecule has 21 heavy (non-hydrogen) atoms. The van der Waals surface area contributed by atoms with E-state index in [1.165, 1.54) is 4.80 Å². The van der Waals surface area contributed by atoms with Crippen LogP contribution >= 0.6 is 15.9 Å². The second-order valence-corrected chi connectivity index (χ2v) is 5.06. The first-order chi connectivity index (χ1) is 10.2. The highest BCUT2D eigenvalue weighted by molar-refractivity contribution is 9.10. The molecule has 0 aliphatic rings. The van der Waals surface area contributed by atoms with Gasteiger partial charge in [-0.1, -0.05) is 15.9 Å². The van der Waals surface area contributed by atoms with E-state index in [9.17, 15) is 4.79 Å². The van der Waals surface area contributed by atoms with E-state index in [0.717, 1.165) is 10.2 Å². The fraction of sp³-hybridized carbons (Fsp3) is 0.0769. The number of tetrazole rings is 1. The van der Waals surface area contributed by atoms with Crippen LogP contribution in [-0.4, -0.2) is 26.1 Å². The topological polar surface area (TPSA) is 85.8 Å². The molecule has 0 spiro atoms. The molecule has 106 valence electrons. The summed E-state index contributed by atoms with van der Waals surface area (Å²) in [5, 5.41) is 14.3. The number of furan rings is 1. The lowest BCUT2D eigenvalue weighted by atomic mass is 10.3. The van der Waals surface area contributed by atoms with Crippen LogP contribution in [-0.2, 0) is 6.54 Å². The molecule has 7 nitrogen and oxygen atoms in total. The number of carbonyl (C=O) groups is 1. The number of nitrogens with zero attached hydrogens (tertiary/aromatic N) is 4. The monoisotopic (exact) mass is 347 g/mol. The third-order valence-electron chi connectivity index (χ3n) is 2.68. The summed E-state index contributed by atoms with van der Waals surface area (Å²) in [6.45, 7) is 0.276. The molecule has 0 aliphatic heterocycles. The van der Waals surface area contributed by atoms with Crippen LogP contribution in [0.1, 0.15) is 16.4 Å². The molecule has 0 bridgehead atoms. The van der Waals surface area contributed by atoms with Gasteiger partial charge in [0.1, 0.15) is 5.76 Å². The SMILES string of the molecule is O=C(NCc1ccco1)c1nnn(-c2ccc(Br)cc2)n1. The minimum absolute atomic E-state index is 0.00414. The molecule has 2 aromatic heterocycles. The first-order valence-electron chi connectivity index (χ1n) is 6.09. The van der Waals surface area contributed by atoms with Crippen molar-refractivity contribution in [2.75, 3.05) is 0 Å². The predicted molar refractivity (Wildman–Crippen MR) is 76.7 cm³/mol. The predicted octanol–water partition coefficient (Wildman–Crippen LogP) is 1.95. The fourth-order valence-electron chi connectivity index (χ4n) is 1.65. The number of nitrogens with one attached hydrogen (secondary N) is 1. The van der Waals surface area contributed by atoms with E-state index < -0.39 is 5.91 Å². The molecule has 2 heterocycles. The minimum atomic E-state index is -0.408. The summed E-state index contributed by atoms with van der Waals surface area (Å²) in [7, 11) is 0. The average Bonchev–Trinajstić information content (AvgIpc) is 3.17. The Morgan fingerprint density at radius 2 is 2.10 bits per heavy atom. The van der Waals surface area contributed by atoms with Crippen molar-refractivity contribution >= 4 is 21.8 Å². The van der Waals surface area contributed by atoms with Crippen LogP contribution in [0.5, 0.6) is 0 Å². The molecule has 0 atom stereocenters. The van der Waals surface area contributed by atoms with E-state index >= 15 is 0 Å². The molecule has 1 aromatic carbocycles. The molecule has 0 saturated carbocycles. The lowest BCUT2D eigenvalue weighted by Crippen LogP contribution is -2.24. The van der Waals surface area contributed by atoms with Crippen molar-refractivity contribution in [3.05, 3.63) is 58.7 Å². The first kappa shape index (κ1) is 13.5. The summed E-state index contributed by atoms with van der Waals surface area (Å²) in [5.41, 5.74) is 0.718. The van der Waals surface area contributed by atoms with Crippen LogP contribution in [0.4, 0.5) is 0 Å². The van der Waals surface area contributed by atoms with Gasteiger partial charge in [0, 0.05) is 4.47 Å². The summed E-state index contributed by atoms with van der Waals surface area (Å²) in [6.07, 6.45) is 1.55. The summed E-state index contributed by atoms with van der Waals surface area (Å²) >= 11 is 3.35. The molecule has 1 N–H and O–H groups in total. The summed E-state index contributed by atoms with van der Waals surface area (Å²) < 4.78 is 6.07. The number of hydrogen-bond donors (Lipinski definition) is 1. The van der Waals surface area contributed by atoms with Crippen molar-refractivity contribution in [2.45, 2.75) is 6.54 Å². The molecule has 0 unspecified atom stereocenters. The van der Waals surface area contributed by atoms with E-state index in [0.29, 0.717) is 5.76 Å². The van der Waals surface area contributed by atoms with Crippen molar-refractivity contribution in [2.24, 2.45) is 0 Å². The van der Waals surface area contributed by atoms with Gasteiger partial charge >= 0.3 is 0 Å². The second kappa shape index (κ2) is 5.88. The van der Waals surface area contributed by atoms with Crippen molar-refractivity contribution in [3.63, 3.8) is 0 Å². The quantitative estimate of drug-likeness (QED) is 0.779.